The Balaban J connectivity index is 2.10. The number of unbranched alkanes of at least 4 members (excludes halogenated alkanes) is 12. The molecule has 1 aromatic carbocycles. The third-order valence-electron chi connectivity index (χ3n) is 5.66. The topological polar surface area (TPSA) is 46.5 Å². The molecule has 28 heavy (non-hydrogen) atoms. The van der Waals surface area contributed by atoms with Gasteiger partial charge in [-0.05, 0) is 30.0 Å². The van der Waals surface area contributed by atoms with E-state index in [1.165, 1.54) is 77.0 Å². The normalized spacial score (nSPS) is 12.1. The zero-order chi connectivity index (χ0) is 20.5. The Morgan fingerprint density at radius 2 is 1.29 bits per heavy atom. The lowest BCUT2D eigenvalue weighted by Gasteiger charge is -2.16. The van der Waals surface area contributed by atoms with Gasteiger partial charge in [-0.3, -0.25) is 4.79 Å². The van der Waals surface area contributed by atoms with Crippen LogP contribution in [0.4, 0.5) is 0 Å². The molecule has 0 bridgehead atoms. The van der Waals surface area contributed by atoms with E-state index in [0.717, 1.165) is 24.2 Å². The molecule has 3 nitrogen and oxygen atoms in total. The lowest BCUT2D eigenvalue weighted by molar-refractivity contribution is -0.137. The van der Waals surface area contributed by atoms with Crippen molar-refractivity contribution in [2.45, 2.75) is 109 Å². The molecule has 1 atom stereocenters. The zero-order valence-electron chi connectivity index (χ0n) is 18.3. The van der Waals surface area contributed by atoms with Gasteiger partial charge in [0.1, 0.15) is 5.75 Å². The van der Waals surface area contributed by atoms with E-state index in [-0.39, 0.29) is 12.3 Å². The molecule has 0 aliphatic carbocycles. The fourth-order valence-corrected chi connectivity index (χ4v) is 3.88. The Morgan fingerprint density at radius 3 is 1.71 bits per heavy atom. The average Bonchev–Trinajstić information content (AvgIpc) is 2.70. The lowest BCUT2D eigenvalue weighted by atomic mass is 9.90. The number of carbonyl (C=O) groups is 1. The van der Waals surface area contributed by atoms with Crippen molar-refractivity contribution in [2.24, 2.45) is 0 Å². The standard InChI is InChI=1S/C25H42O3/c1-3-4-5-6-7-8-9-10-11-12-13-14-15-16-23(21-25(26)27)22-17-19-24(28-2)20-18-22/h17-20,23H,3-16,21H2,1-2H3,(H,26,27). The van der Waals surface area contributed by atoms with Crippen LogP contribution in [0.2, 0.25) is 0 Å². The van der Waals surface area contributed by atoms with Crippen LogP contribution in [-0.4, -0.2) is 18.2 Å². The van der Waals surface area contributed by atoms with E-state index < -0.39 is 5.97 Å². The fraction of sp³-hybridized carbons (Fsp3) is 0.720. The Labute approximate surface area is 172 Å². The van der Waals surface area contributed by atoms with E-state index in [1.54, 1.807) is 7.11 Å². The van der Waals surface area contributed by atoms with E-state index in [9.17, 15) is 9.90 Å². The molecule has 0 spiro atoms. The molecule has 0 aliphatic heterocycles. The van der Waals surface area contributed by atoms with Crippen LogP contribution in [0, 0.1) is 0 Å². The Morgan fingerprint density at radius 1 is 0.821 bits per heavy atom. The summed E-state index contributed by atoms with van der Waals surface area (Å²) in [4.78, 5) is 11.2. The minimum Gasteiger partial charge on any atom is -0.497 e. The number of aliphatic carboxylic acids is 1. The molecule has 0 amide bonds. The molecular weight excluding hydrogens is 348 g/mol. The molecule has 3 heteroatoms. The van der Waals surface area contributed by atoms with Gasteiger partial charge in [0, 0.05) is 0 Å². The van der Waals surface area contributed by atoms with Crippen LogP contribution >= 0.6 is 0 Å². The number of benzene rings is 1. The molecule has 1 unspecified atom stereocenters. The molecule has 0 aliphatic rings. The fourth-order valence-electron chi connectivity index (χ4n) is 3.88. The number of carboxylic acids is 1. The Kier molecular flexibility index (Phi) is 14.4. The highest BCUT2D eigenvalue weighted by molar-refractivity contribution is 5.68. The first-order valence-electron chi connectivity index (χ1n) is 11.5. The summed E-state index contributed by atoms with van der Waals surface area (Å²) >= 11 is 0. The summed E-state index contributed by atoms with van der Waals surface area (Å²) in [6, 6.07) is 7.87. The summed E-state index contributed by atoms with van der Waals surface area (Å²) in [6.45, 7) is 2.27. The minimum absolute atomic E-state index is 0.108. The average molecular weight is 391 g/mol. The van der Waals surface area contributed by atoms with Gasteiger partial charge in [-0.2, -0.15) is 0 Å². The highest BCUT2D eigenvalue weighted by Gasteiger charge is 2.15. The highest BCUT2D eigenvalue weighted by Crippen LogP contribution is 2.28. The number of carboxylic acid groups (broad SMARTS) is 1. The van der Waals surface area contributed by atoms with Crippen molar-refractivity contribution in [2.75, 3.05) is 7.11 Å². The predicted molar refractivity (Wildman–Crippen MR) is 118 cm³/mol. The van der Waals surface area contributed by atoms with Gasteiger partial charge < -0.3 is 9.84 Å². The smallest absolute Gasteiger partial charge is 0.303 e. The number of methoxy groups -OCH3 is 1. The maximum absolute atomic E-state index is 11.2. The highest BCUT2D eigenvalue weighted by atomic mass is 16.5. The van der Waals surface area contributed by atoms with E-state index >= 15 is 0 Å². The molecule has 0 radical (unpaired) electrons. The molecule has 0 saturated carbocycles. The maximum atomic E-state index is 11.2. The molecule has 0 aromatic heterocycles. The number of hydrogen-bond donors (Lipinski definition) is 1. The van der Waals surface area contributed by atoms with Gasteiger partial charge >= 0.3 is 5.97 Å². The minimum atomic E-state index is -0.712. The third kappa shape index (κ3) is 12.0. The number of hydrogen-bond acceptors (Lipinski definition) is 2. The van der Waals surface area contributed by atoms with Crippen LogP contribution in [0.25, 0.3) is 0 Å². The summed E-state index contributed by atoms with van der Waals surface area (Å²) in [6.07, 6.45) is 18.6. The summed E-state index contributed by atoms with van der Waals surface area (Å²) < 4.78 is 5.20. The van der Waals surface area contributed by atoms with Crippen LogP contribution in [0.1, 0.15) is 115 Å². The van der Waals surface area contributed by atoms with Crippen molar-refractivity contribution in [1.29, 1.82) is 0 Å². The Bertz CT molecular complexity index is 495. The summed E-state index contributed by atoms with van der Waals surface area (Å²) in [5.74, 6) is 0.213. The molecule has 0 saturated heterocycles. The third-order valence-corrected chi connectivity index (χ3v) is 5.66. The molecule has 0 fully saturated rings. The summed E-state index contributed by atoms with van der Waals surface area (Å²) in [7, 11) is 1.65. The van der Waals surface area contributed by atoms with Crippen molar-refractivity contribution >= 4 is 5.97 Å². The van der Waals surface area contributed by atoms with Gasteiger partial charge in [-0.1, -0.05) is 103 Å². The maximum Gasteiger partial charge on any atom is 0.303 e. The van der Waals surface area contributed by atoms with Gasteiger partial charge in [0.2, 0.25) is 0 Å². The summed E-state index contributed by atoms with van der Waals surface area (Å²) in [5.41, 5.74) is 1.11. The van der Waals surface area contributed by atoms with Gasteiger partial charge in [-0.25, -0.2) is 0 Å². The van der Waals surface area contributed by atoms with E-state index in [1.807, 2.05) is 24.3 Å². The van der Waals surface area contributed by atoms with Crippen molar-refractivity contribution in [1.82, 2.24) is 0 Å². The van der Waals surface area contributed by atoms with Crippen LogP contribution in [0.15, 0.2) is 24.3 Å². The molecular formula is C25H42O3. The van der Waals surface area contributed by atoms with Crippen molar-refractivity contribution in [3.63, 3.8) is 0 Å². The van der Waals surface area contributed by atoms with Crippen molar-refractivity contribution in [3.8, 4) is 5.75 Å². The largest absolute Gasteiger partial charge is 0.497 e. The first kappa shape index (κ1) is 24.5. The van der Waals surface area contributed by atoms with Crippen LogP contribution in [0.3, 0.4) is 0 Å². The molecule has 1 N–H and O–H groups in total. The van der Waals surface area contributed by atoms with Crippen LogP contribution in [0.5, 0.6) is 5.75 Å². The zero-order valence-corrected chi connectivity index (χ0v) is 18.3. The van der Waals surface area contributed by atoms with Crippen molar-refractivity contribution < 1.29 is 14.6 Å². The van der Waals surface area contributed by atoms with Gasteiger partial charge in [0.05, 0.1) is 13.5 Å². The second kappa shape index (κ2) is 16.4. The second-order valence-corrected chi connectivity index (χ2v) is 8.10. The van der Waals surface area contributed by atoms with Crippen LogP contribution < -0.4 is 4.74 Å². The Hall–Kier alpha value is -1.51. The van der Waals surface area contributed by atoms with E-state index in [0.29, 0.717) is 0 Å². The molecule has 1 aromatic rings. The van der Waals surface area contributed by atoms with Gasteiger partial charge in [-0.15, -0.1) is 0 Å². The first-order chi connectivity index (χ1) is 13.7. The quantitative estimate of drug-likeness (QED) is 0.261. The molecule has 1 rings (SSSR count). The second-order valence-electron chi connectivity index (χ2n) is 8.10. The van der Waals surface area contributed by atoms with Gasteiger partial charge in [0.25, 0.3) is 0 Å². The first-order valence-corrected chi connectivity index (χ1v) is 11.5. The van der Waals surface area contributed by atoms with Crippen LogP contribution in [-0.2, 0) is 4.79 Å². The molecule has 160 valence electrons. The summed E-state index contributed by atoms with van der Waals surface area (Å²) in [5, 5.41) is 9.23. The SMILES string of the molecule is CCCCCCCCCCCCCCCC(CC(=O)O)c1ccc(OC)cc1. The monoisotopic (exact) mass is 390 g/mol. The van der Waals surface area contributed by atoms with Gasteiger partial charge in [0.15, 0.2) is 0 Å². The number of rotatable bonds is 18. The van der Waals surface area contributed by atoms with E-state index in [4.69, 9.17) is 4.74 Å². The predicted octanol–water partition coefficient (Wildman–Crippen LogP) is 7.73. The molecule has 0 heterocycles. The number of ether oxygens (including phenoxy) is 1. The van der Waals surface area contributed by atoms with Crippen molar-refractivity contribution in [3.05, 3.63) is 29.8 Å². The van der Waals surface area contributed by atoms with E-state index in [2.05, 4.69) is 6.92 Å². The lowest BCUT2D eigenvalue weighted by Crippen LogP contribution is -2.06.